The third kappa shape index (κ3) is 3.69. The predicted molar refractivity (Wildman–Crippen MR) is 109 cm³/mol. The summed E-state index contributed by atoms with van der Waals surface area (Å²) in [5.41, 5.74) is -0.0393. The molecule has 3 saturated heterocycles. The molecule has 9 nitrogen and oxygen atoms in total. The Hall–Kier alpha value is -2.88. The highest BCUT2D eigenvalue weighted by atomic mass is 19.1. The average molecular weight is 434 g/mol. The molecule has 168 valence electrons. The molecule has 4 rings (SSSR count). The number of benzene rings is 1. The summed E-state index contributed by atoms with van der Waals surface area (Å²) in [6.07, 6.45) is 0.147. The Kier molecular flexibility index (Phi) is 5.74. The van der Waals surface area contributed by atoms with Gasteiger partial charge in [0.15, 0.2) is 0 Å². The van der Waals surface area contributed by atoms with Crippen molar-refractivity contribution in [2.75, 3.05) is 44.7 Å². The van der Waals surface area contributed by atoms with Crippen molar-refractivity contribution >= 4 is 23.8 Å². The Morgan fingerprint density at radius 1 is 1.42 bits per heavy atom. The van der Waals surface area contributed by atoms with Gasteiger partial charge in [-0.05, 0) is 25.0 Å². The van der Waals surface area contributed by atoms with Crippen LogP contribution in [0.3, 0.4) is 0 Å². The lowest BCUT2D eigenvalue weighted by Gasteiger charge is -2.47. The number of carbonyl (C=O) groups excluding carboxylic acids is 3. The van der Waals surface area contributed by atoms with E-state index in [0.717, 1.165) is 12.8 Å². The van der Waals surface area contributed by atoms with Crippen LogP contribution in [0.1, 0.15) is 25.3 Å². The summed E-state index contributed by atoms with van der Waals surface area (Å²) in [5, 5.41) is 5.93. The van der Waals surface area contributed by atoms with Crippen LogP contribution in [0.25, 0.3) is 0 Å². The van der Waals surface area contributed by atoms with Gasteiger partial charge in [0.2, 0.25) is 5.91 Å². The number of fused-ring (bicyclic) bond motifs is 1. The van der Waals surface area contributed by atoms with E-state index >= 15 is 4.39 Å². The van der Waals surface area contributed by atoms with Crippen LogP contribution in [0.15, 0.2) is 18.2 Å². The van der Waals surface area contributed by atoms with Crippen LogP contribution in [0.4, 0.5) is 19.7 Å². The first-order valence-corrected chi connectivity index (χ1v) is 10.5. The van der Waals surface area contributed by atoms with Gasteiger partial charge in [-0.25, -0.2) is 14.0 Å². The van der Waals surface area contributed by atoms with Gasteiger partial charge in [-0.15, -0.1) is 0 Å². The first kappa shape index (κ1) is 21.4. The fourth-order valence-corrected chi connectivity index (χ4v) is 5.05. The monoisotopic (exact) mass is 434 g/mol. The molecule has 0 unspecified atom stereocenters. The normalized spacial score (nSPS) is 27.6. The zero-order valence-corrected chi connectivity index (χ0v) is 17.7. The highest BCUT2D eigenvalue weighted by Gasteiger charge is 2.54. The van der Waals surface area contributed by atoms with Gasteiger partial charge < -0.3 is 20.1 Å². The largest absolute Gasteiger partial charge is 0.453 e. The van der Waals surface area contributed by atoms with Gasteiger partial charge in [0.05, 0.1) is 31.4 Å². The van der Waals surface area contributed by atoms with E-state index in [1.54, 1.807) is 17.0 Å². The number of halogens is 1. The highest BCUT2D eigenvalue weighted by Crippen LogP contribution is 2.46. The second-order valence-corrected chi connectivity index (χ2v) is 8.23. The van der Waals surface area contributed by atoms with Crippen molar-refractivity contribution in [1.82, 2.24) is 15.5 Å². The zero-order chi connectivity index (χ0) is 22.2. The van der Waals surface area contributed by atoms with Crippen LogP contribution in [0, 0.1) is 11.7 Å². The summed E-state index contributed by atoms with van der Waals surface area (Å²) in [5.74, 6) is -0.633. The number of hydrogen-bond acceptors (Lipinski definition) is 6. The number of anilines is 1. The van der Waals surface area contributed by atoms with E-state index in [1.165, 1.54) is 25.0 Å². The molecule has 2 N–H and O–H groups in total. The summed E-state index contributed by atoms with van der Waals surface area (Å²) in [4.78, 5) is 38.9. The van der Waals surface area contributed by atoms with Crippen molar-refractivity contribution in [3.8, 4) is 0 Å². The molecule has 1 aromatic carbocycles. The van der Waals surface area contributed by atoms with E-state index in [4.69, 9.17) is 9.47 Å². The molecule has 3 aliphatic rings. The molecular formula is C21H27FN4O5. The molecule has 3 atom stereocenters. The van der Waals surface area contributed by atoms with Gasteiger partial charge in [0, 0.05) is 38.0 Å². The number of carbonyl (C=O) groups is 3. The number of rotatable bonds is 4. The number of nitrogens with zero attached hydrogens (tertiary/aromatic N) is 2. The van der Waals surface area contributed by atoms with Crippen LogP contribution in [0.2, 0.25) is 0 Å². The van der Waals surface area contributed by atoms with Crippen LogP contribution >= 0.6 is 0 Å². The summed E-state index contributed by atoms with van der Waals surface area (Å²) in [6.45, 7) is 3.42. The number of ether oxygens (including phenoxy) is 2. The lowest BCUT2D eigenvalue weighted by molar-refractivity contribution is -0.119. The Labute approximate surface area is 179 Å². The molecule has 3 fully saturated rings. The minimum Gasteiger partial charge on any atom is -0.453 e. The SMILES string of the molecule is COC(=O)N1CCC[C@@H]2CNC[C@]21c1ccc(N2C[C@H](CNC(C)=O)OC2=O)cc1F. The number of piperidine rings is 1. The number of cyclic esters (lactones) is 1. The van der Waals surface area contributed by atoms with Crippen molar-refractivity contribution in [1.29, 1.82) is 0 Å². The fourth-order valence-electron chi connectivity index (χ4n) is 5.05. The second kappa shape index (κ2) is 8.33. The second-order valence-electron chi connectivity index (χ2n) is 8.23. The molecule has 1 aromatic rings. The molecule has 0 saturated carbocycles. The fraction of sp³-hybridized carbons (Fsp3) is 0.571. The lowest BCUT2D eigenvalue weighted by atomic mass is 9.74. The van der Waals surface area contributed by atoms with Gasteiger partial charge in [-0.2, -0.15) is 0 Å². The number of amides is 3. The Morgan fingerprint density at radius 3 is 2.94 bits per heavy atom. The minimum absolute atomic E-state index is 0.0690. The molecular weight excluding hydrogens is 407 g/mol. The number of nitrogens with one attached hydrogen (secondary N) is 2. The number of hydrogen-bond donors (Lipinski definition) is 2. The molecule has 3 aliphatic heterocycles. The molecule has 0 aliphatic carbocycles. The van der Waals surface area contributed by atoms with Crippen molar-refractivity contribution in [2.24, 2.45) is 5.92 Å². The third-order valence-electron chi connectivity index (χ3n) is 6.46. The summed E-state index contributed by atoms with van der Waals surface area (Å²) in [6, 6.07) is 4.64. The first-order valence-electron chi connectivity index (χ1n) is 10.5. The molecule has 3 heterocycles. The first-order chi connectivity index (χ1) is 14.9. The van der Waals surface area contributed by atoms with Crippen molar-refractivity contribution in [3.05, 3.63) is 29.6 Å². The molecule has 3 amide bonds. The molecule has 0 aromatic heterocycles. The Balaban J connectivity index is 1.62. The topological polar surface area (TPSA) is 100 Å². The van der Waals surface area contributed by atoms with E-state index in [-0.39, 0.29) is 24.9 Å². The molecule has 0 bridgehead atoms. The lowest BCUT2D eigenvalue weighted by Crippen LogP contribution is -2.57. The highest BCUT2D eigenvalue weighted by molar-refractivity contribution is 5.90. The molecule has 31 heavy (non-hydrogen) atoms. The van der Waals surface area contributed by atoms with Gasteiger partial charge in [-0.1, -0.05) is 6.07 Å². The maximum absolute atomic E-state index is 15.5. The quantitative estimate of drug-likeness (QED) is 0.746. The van der Waals surface area contributed by atoms with Crippen molar-refractivity contribution < 1.29 is 28.2 Å². The van der Waals surface area contributed by atoms with Crippen molar-refractivity contribution in [3.63, 3.8) is 0 Å². The summed E-state index contributed by atoms with van der Waals surface area (Å²) in [7, 11) is 1.33. The molecule has 0 spiro atoms. The van der Waals surface area contributed by atoms with Gasteiger partial charge in [-0.3, -0.25) is 14.6 Å². The van der Waals surface area contributed by atoms with Crippen LogP contribution in [0.5, 0.6) is 0 Å². The van der Waals surface area contributed by atoms with Crippen molar-refractivity contribution in [2.45, 2.75) is 31.4 Å². The summed E-state index contributed by atoms with van der Waals surface area (Å²) >= 11 is 0. The van der Waals surface area contributed by atoms with Gasteiger partial charge in [0.25, 0.3) is 0 Å². The number of likely N-dealkylation sites (tertiary alicyclic amines) is 1. The van der Waals surface area contributed by atoms with Crippen LogP contribution in [-0.4, -0.2) is 68.9 Å². The smallest absolute Gasteiger partial charge is 0.414 e. The standard InChI is InChI=1S/C21H27FN4O5/c1-13(27)24-10-16-11-25(19(28)31-16)15-5-6-17(18(22)8-15)21-12-23-9-14(21)4-3-7-26(21)20(29)30-2/h5-6,8,14,16,23H,3-4,7,9-12H2,1-2H3,(H,24,27)/t14-,16+,21-/m1/s1. The molecule has 0 radical (unpaired) electrons. The van der Waals surface area contributed by atoms with Gasteiger partial charge >= 0.3 is 12.2 Å². The minimum atomic E-state index is -0.826. The van der Waals surface area contributed by atoms with E-state index in [9.17, 15) is 14.4 Å². The maximum Gasteiger partial charge on any atom is 0.414 e. The molecule has 10 heteroatoms. The zero-order valence-electron chi connectivity index (χ0n) is 17.7. The van der Waals surface area contributed by atoms with E-state index in [0.29, 0.717) is 30.9 Å². The van der Waals surface area contributed by atoms with E-state index in [1.807, 2.05) is 0 Å². The summed E-state index contributed by atoms with van der Waals surface area (Å²) < 4.78 is 25.8. The average Bonchev–Trinajstić information content (AvgIpc) is 3.35. The maximum atomic E-state index is 15.5. The van der Waals surface area contributed by atoms with E-state index in [2.05, 4.69) is 10.6 Å². The van der Waals surface area contributed by atoms with Crippen LogP contribution in [-0.2, 0) is 19.8 Å². The van der Waals surface area contributed by atoms with E-state index < -0.39 is 29.6 Å². The number of methoxy groups -OCH3 is 1. The Bertz CT molecular complexity index is 897. The Morgan fingerprint density at radius 2 is 2.23 bits per heavy atom. The third-order valence-corrected chi connectivity index (χ3v) is 6.46. The van der Waals surface area contributed by atoms with Crippen LogP contribution < -0.4 is 15.5 Å². The predicted octanol–water partition coefficient (Wildman–Crippen LogP) is 1.56. The van der Waals surface area contributed by atoms with Gasteiger partial charge in [0.1, 0.15) is 11.9 Å².